The van der Waals surface area contributed by atoms with E-state index in [0.29, 0.717) is 17.4 Å². The van der Waals surface area contributed by atoms with Crippen molar-refractivity contribution in [1.82, 2.24) is 4.72 Å². The molecule has 1 aliphatic heterocycles. The molecule has 5 nitrogen and oxygen atoms in total. The first-order valence-corrected chi connectivity index (χ1v) is 9.38. The van der Waals surface area contributed by atoms with Crippen molar-refractivity contribution in [2.45, 2.75) is 36.3 Å². The van der Waals surface area contributed by atoms with Crippen molar-refractivity contribution in [2.75, 3.05) is 12.3 Å². The molecule has 1 atom stereocenters. The lowest BCUT2D eigenvalue weighted by Gasteiger charge is -2.21. The first-order valence-electron chi connectivity index (χ1n) is 6.85. The Hall–Kier alpha value is -1.05. The Kier molecular flexibility index (Phi) is 5.29. The quantitative estimate of drug-likeness (QED) is 0.866. The summed E-state index contributed by atoms with van der Waals surface area (Å²) in [6.45, 7) is 2.04. The lowest BCUT2D eigenvalue weighted by Crippen LogP contribution is -2.32. The minimum atomic E-state index is -3.66. The summed E-state index contributed by atoms with van der Waals surface area (Å²) in [5.41, 5.74) is 0.564. The fourth-order valence-corrected chi connectivity index (χ4v) is 4.70. The monoisotopic (exact) mass is 329 g/mol. The number of rotatable bonds is 5. The first-order chi connectivity index (χ1) is 9.90. The van der Waals surface area contributed by atoms with Crippen molar-refractivity contribution in [1.29, 1.82) is 0 Å². The number of aromatic carboxylic acids is 1. The van der Waals surface area contributed by atoms with Gasteiger partial charge in [-0.3, -0.25) is 0 Å². The molecule has 1 aromatic rings. The van der Waals surface area contributed by atoms with Crippen LogP contribution in [0.4, 0.5) is 0 Å². The smallest absolute Gasteiger partial charge is 0.335 e. The molecule has 1 heterocycles. The Morgan fingerprint density at radius 1 is 1.43 bits per heavy atom. The number of sulfonamides is 1. The molecule has 2 rings (SSSR count). The molecule has 1 saturated heterocycles. The second-order valence-electron chi connectivity index (χ2n) is 5.12. The van der Waals surface area contributed by atoms with Crippen molar-refractivity contribution in [3.63, 3.8) is 0 Å². The zero-order valence-corrected chi connectivity index (χ0v) is 13.5. The minimum Gasteiger partial charge on any atom is -0.478 e. The van der Waals surface area contributed by atoms with Gasteiger partial charge in [-0.2, -0.15) is 11.8 Å². The van der Waals surface area contributed by atoms with Gasteiger partial charge in [0.25, 0.3) is 0 Å². The van der Waals surface area contributed by atoms with E-state index in [1.807, 2.05) is 0 Å². The third-order valence-electron chi connectivity index (χ3n) is 3.52. The summed E-state index contributed by atoms with van der Waals surface area (Å²) in [6.07, 6.45) is 3.34. The van der Waals surface area contributed by atoms with Crippen LogP contribution >= 0.6 is 11.8 Å². The molecule has 0 spiro atoms. The lowest BCUT2D eigenvalue weighted by atomic mass is 10.1. The zero-order valence-electron chi connectivity index (χ0n) is 11.8. The third kappa shape index (κ3) is 4.21. The topological polar surface area (TPSA) is 83.5 Å². The summed E-state index contributed by atoms with van der Waals surface area (Å²) >= 11 is 1.79. The summed E-state index contributed by atoms with van der Waals surface area (Å²) in [5.74, 6) is -0.0486. The molecule has 7 heteroatoms. The highest BCUT2D eigenvalue weighted by molar-refractivity contribution is 8.00. The van der Waals surface area contributed by atoms with Gasteiger partial charge in [0.1, 0.15) is 0 Å². The molecule has 1 unspecified atom stereocenters. The average molecular weight is 329 g/mol. The molecule has 0 saturated carbocycles. The molecule has 2 N–H and O–H groups in total. The Balaban J connectivity index is 2.11. The van der Waals surface area contributed by atoms with E-state index < -0.39 is 16.0 Å². The van der Waals surface area contributed by atoms with Crippen molar-refractivity contribution < 1.29 is 18.3 Å². The second-order valence-corrected chi connectivity index (χ2v) is 8.30. The van der Waals surface area contributed by atoms with Crippen LogP contribution in [0.25, 0.3) is 0 Å². The molecule has 0 bridgehead atoms. The number of aryl methyl sites for hydroxylation is 1. The number of benzene rings is 1. The van der Waals surface area contributed by atoms with Gasteiger partial charge in [0, 0.05) is 11.8 Å². The van der Waals surface area contributed by atoms with Gasteiger partial charge < -0.3 is 5.11 Å². The summed E-state index contributed by atoms with van der Waals surface area (Å²) in [7, 11) is -3.66. The van der Waals surface area contributed by atoms with E-state index >= 15 is 0 Å². The van der Waals surface area contributed by atoms with Crippen LogP contribution in [0.2, 0.25) is 0 Å². The van der Waals surface area contributed by atoms with E-state index in [1.54, 1.807) is 18.7 Å². The Bertz CT molecular complexity index is 622. The van der Waals surface area contributed by atoms with Crippen LogP contribution in [-0.4, -0.2) is 37.0 Å². The van der Waals surface area contributed by atoms with Crippen LogP contribution in [0.3, 0.4) is 0 Å². The molecule has 116 valence electrons. The maximum absolute atomic E-state index is 12.2. The number of nitrogens with one attached hydrogen (secondary N) is 1. The summed E-state index contributed by atoms with van der Waals surface area (Å²) in [5, 5.41) is 9.37. The van der Waals surface area contributed by atoms with Gasteiger partial charge >= 0.3 is 5.97 Å². The van der Waals surface area contributed by atoms with Gasteiger partial charge in [-0.05, 0) is 43.2 Å². The molecule has 0 radical (unpaired) electrons. The molecule has 1 fully saturated rings. The van der Waals surface area contributed by atoms with Crippen LogP contribution < -0.4 is 4.72 Å². The number of carboxylic acids is 1. The van der Waals surface area contributed by atoms with Crippen LogP contribution in [0.5, 0.6) is 0 Å². The van der Waals surface area contributed by atoms with E-state index in [0.717, 1.165) is 18.6 Å². The Morgan fingerprint density at radius 3 is 2.81 bits per heavy atom. The molecule has 1 aliphatic rings. The van der Waals surface area contributed by atoms with Crippen LogP contribution in [0.15, 0.2) is 23.1 Å². The first kappa shape index (κ1) is 16.3. The fourth-order valence-electron chi connectivity index (χ4n) is 2.25. The molecule has 1 aromatic carbocycles. The number of carbonyl (C=O) groups is 1. The third-order valence-corrected chi connectivity index (χ3v) is 6.34. The van der Waals surface area contributed by atoms with Crippen LogP contribution in [-0.2, 0) is 10.0 Å². The highest BCUT2D eigenvalue weighted by Gasteiger charge is 2.20. The standard InChI is InChI=1S/C14H19NO4S2/c1-10-5-6-12(8-13(10)14(16)17)21(18,19)15-9-11-4-2-3-7-20-11/h5-6,8,11,15H,2-4,7,9H2,1H3,(H,16,17). The van der Waals surface area contributed by atoms with Crippen LogP contribution in [0, 0.1) is 6.92 Å². The van der Waals surface area contributed by atoms with Crippen molar-refractivity contribution >= 4 is 27.8 Å². The van der Waals surface area contributed by atoms with Crippen LogP contribution in [0.1, 0.15) is 35.2 Å². The van der Waals surface area contributed by atoms with Gasteiger partial charge in [-0.15, -0.1) is 0 Å². The van der Waals surface area contributed by atoms with Gasteiger partial charge in [0.05, 0.1) is 10.5 Å². The summed E-state index contributed by atoms with van der Waals surface area (Å²) in [4.78, 5) is 11.1. The van der Waals surface area contributed by atoms with Crippen molar-refractivity contribution in [3.8, 4) is 0 Å². The van der Waals surface area contributed by atoms with Gasteiger partial charge in [0.15, 0.2) is 0 Å². The highest BCUT2D eigenvalue weighted by Crippen LogP contribution is 2.25. The Labute approximate surface area is 129 Å². The second kappa shape index (κ2) is 6.81. The van der Waals surface area contributed by atoms with Gasteiger partial charge in [-0.1, -0.05) is 12.5 Å². The summed E-state index contributed by atoms with van der Waals surface area (Å²) < 4.78 is 27.1. The predicted octanol–water partition coefficient (Wildman–Crippen LogP) is 2.26. The maximum atomic E-state index is 12.2. The average Bonchev–Trinajstić information content (AvgIpc) is 2.46. The highest BCUT2D eigenvalue weighted by atomic mass is 32.2. The Morgan fingerprint density at radius 2 is 2.19 bits per heavy atom. The molecular weight excluding hydrogens is 310 g/mol. The number of carboxylic acid groups (broad SMARTS) is 1. The van der Waals surface area contributed by atoms with E-state index in [9.17, 15) is 13.2 Å². The molecule has 0 aromatic heterocycles. The SMILES string of the molecule is Cc1ccc(S(=O)(=O)NCC2CCCCS2)cc1C(=O)O. The molecule has 21 heavy (non-hydrogen) atoms. The largest absolute Gasteiger partial charge is 0.478 e. The molecule has 0 amide bonds. The number of thioether (sulfide) groups is 1. The molecular formula is C14H19NO4S2. The number of hydrogen-bond donors (Lipinski definition) is 2. The van der Waals surface area contributed by atoms with E-state index in [2.05, 4.69) is 4.72 Å². The van der Waals surface area contributed by atoms with Gasteiger partial charge in [0.2, 0.25) is 10.0 Å². The normalized spacial score (nSPS) is 19.4. The number of hydrogen-bond acceptors (Lipinski definition) is 4. The predicted molar refractivity (Wildman–Crippen MR) is 83.4 cm³/mol. The van der Waals surface area contributed by atoms with Gasteiger partial charge in [-0.25, -0.2) is 17.9 Å². The maximum Gasteiger partial charge on any atom is 0.335 e. The lowest BCUT2D eigenvalue weighted by molar-refractivity contribution is 0.0696. The van der Waals surface area contributed by atoms with Crippen molar-refractivity contribution in [3.05, 3.63) is 29.3 Å². The minimum absolute atomic E-state index is 0.00584. The fraction of sp³-hybridized carbons (Fsp3) is 0.500. The summed E-state index contributed by atoms with van der Waals surface area (Å²) in [6, 6.07) is 4.18. The zero-order chi connectivity index (χ0) is 15.5. The van der Waals surface area contributed by atoms with E-state index in [4.69, 9.17) is 5.11 Å². The van der Waals surface area contributed by atoms with E-state index in [1.165, 1.54) is 24.6 Å². The van der Waals surface area contributed by atoms with E-state index in [-0.39, 0.29) is 10.5 Å². The molecule has 0 aliphatic carbocycles. The van der Waals surface area contributed by atoms with Crippen molar-refractivity contribution in [2.24, 2.45) is 0 Å².